The van der Waals surface area contributed by atoms with Crippen molar-refractivity contribution in [2.24, 2.45) is 0 Å². The smallest absolute Gasteiger partial charge is 0.860 e. The molecule has 0 aliphatic rings. The van der Waals surface area contributed by atoms with Gasteiger partial charge < -0.3 is 23.8 Å². The van der Waals surface area contributed by atoms with E-state index in [4.69, 9.17) is 0 Å². The van der Waals surface area contributed by atoms with Gasteiger partial charge in [0.15, 0.2) is 0 Å². The number of hydrogen-bond acceptors (Lipinski definition) is 6. The van der Waals surface area contributed by atoms with Crippen LogP contribution in [0.15, 0.2) is 0 Å². The molecule has 0 N–H and O–H groups in total. The quantitative estimate of drug-likeness (QED) is 0.290. The van der Waals surface area contributed by atoms with E-state index in [9.17, 15) is 19.9 Å². The summed E-state index contributed by atoms with van der Waals surface area (Å²) in [6.07, 6.45) is 0. The van der Waals surface area contributed by atoms with Gasteiger partial charge in [0.2, 0.25) is 0 Å². The Morgan fingerprint density at radius 3 is 2.31 bits per heavy atom. The van der Waals surface area contributed by atoms with Crippen LogP contribution in [0.2, 0.25) is 0 Å². The fraction of sp³-hybridized carbons (Fsp3) is 0. The van der Waals surface area contributed by atoms with Crippen molar-refractivity contribution >= 4 is 28.8 Å². The van der Waals surface area contributed by atoms with Gasteiger partial charge in [0.1, 0.15) is 7.69 Å². The van der Waals surface area contributed by atoms with Gasteiger partial charge in [-0.3, -0.25) is 4.79 Å². The number of carbonyl (C=O) groups excluding carboxylic acids is 1. The maximum absolute atomic E-state index is 10.2. The van der Waals surface area contributed by atoms with E-state index in [0.717, 1.165) is 0 Å². The Bertz CT molecular complexity index is 116. The summed E-state index contributed by atoms with van der Waals surface area (Å²) in [5, 5.41) is 29.9. The monoisotopic (exact) mass is 173 g/mol. The third kappa shape index (κ3) is 12.7. The molecule has 0 aromatic rings. The summed E-state index contributed by atoms with van der Waals surface area (Å²) < 4.78 is 11.1. The minimum absolute atomic E-state index is 0. The predicted octanol–water partition coefficient (Wildman–Crippen LogP) is -10.4. The van der Waals surface area contributed by atoms with Gasteiger partial charge in [0.05, 0.1) is 0 Å². The van der Waals surface area contributed by atoms with E-state index in [0.29, 0.717) is 0 Å². The minimum Gasteiger partial charge on any atom is -0.860 e. The first-order valence-corrected chi connectivity index (χ1v) is 2.46. The van der Waals surface area contributed by atoms with Crippen molar-refractivity contribution in [3.63, 3.8) is 0 Å². The Kier molecular flexibility index (Phi) is 18.8. The van der Waals surface area contributed by atoms with Gasteiger partial charge >= 0.3 is 52.4 Å². The molecule has 1 radical (unpaired) electrons. The fourth-order valence-corrected chi connectivity index (χ4v) is 0.263. The zero-order valence-corrected chi connectivity index (χ0v) is 7.30. The maximum Gasteiger partial charge on any atom is 1.00 e. The molecule has 0 aromatic heterocycles. The Balaban J connectivity index is -0.000000500. The van der Waals surface area contributed by atoms with Crippen LogP contribution in [0, 0.1) is 0 Å². The maximum atomic E-state index is 10.2. The normalized spacial score (nSPS) is 7.31. The molecule has 0 spiro atoms. The van der Waals surface area contributed by atoms with E-state index in [1.807, 2.05) is 0 Å². The average molecular weight is 172 g/mol. The van der Waals surface area contributed by atoms with Crippen molar-refractivity contribution in [2.45, 2.75) is 0 Å². The molecule has 0 aliphatic heterocycles. The Labute approximate surface area is 100 Å². The molecule has 0 saturated heterocycles. The SMILES string of the molecule is [Li+].[Li+].[O]B(OB[O-])OB([O-])OC=O. The Hall–Kier alpha value is 0.660. The van der Waals surface area contributed by atoms with Crippen LogP contribution in [0.4, 0.5) is 0 Å². The molecule has 0 atom stereocenters. The van der Waals surface area contributed by atoms with E-state index in [2.05, 4.69) is 13.8 Å². The van der Waals surface area contributed by atoms with Crippen molar-refractivity contribution in [2.75, 3.05) is 0 Å². The molecule has 0 fully saturated rings. The summed E-state index contributed by atoms with van der Waals surface area (Å²) in [5.74, 6) is 0. The zero-order valence-electron chi connectivity index (χ0n) is 7.30. The average Bonchev–Trinajstić information content (AvgIpc) is 1.87. The van der Waals surface area contributed by atoms with Crippen molar-refractivity contribution in [3.8, 4) is 0 Å². The van der Waals surface area contributed by atoms with Crippen LogP contribution < -0.4 is 47.8 Å². The van der Waals surface area contributed by atoms with E-state index >= 15 is 0 Å². The van der Waals surface area contributed by atoms with Crippen LogP contribution >= 0.6 is 0 Å². The molecular weight excluding hydrogens is 170 g/mol. The largest absolute Gasteiger partial charge is 1.00 e. The summed E-state index contributed by atoms with van der Waals surface area (Å²) in [7, 11) is -5.58. The van der Waals surface area contributed by atoms with Gasteiger partial charge in [-0.25, -0.2) is 5.02 Å². The minimum atomic E-state index is -2.25. The van der Waals surface area contributed by atoms with Crippen LogP contribution in [-0.4, -0.2) is 28.8 Å². The zero-order chi connectivity index (χ0) is 8.69. The topological polar surface area (TPSA) is 111 Å². The summed E-state index contributed by atoms with van der Waals surface area (Å²) >= 11 is 0. The van der Waals surface area contributed by atoms with Crippen LogP contribution in [0.5, 0.6) is 0 Å². The van der Waals surface area contributed by atoms with Gasteiger partial charge in [-0.15, -0.1) is 0 Å². The molecule has 0 rings (SSSR count). The molecule has 12 heteroatoms. The first-order chi connectivity index (χ1) is 5.20. The van der Waals surface area contributed by atoms with E-state index in [-0.39, 0.29) is 44.2 Å². The first kappa shape index (κ1) is 19.3. The molecule has 13 heavy (non-hydrogen) atoms. The van der Waals surface area contributed by atoms with Gasteiger partial charge in [0, 0.05) is 0 Å². The number of rotatable bonds is 6. The van der Waals surface area contributed by atoms with Gasteiger partial charge in [-0.1, -0.05) is 0 Å². The Morgan fingerprint density at radius 2 is 1.92 bits per heavy atom. The van der Waals surface area contributed by atoms with Crippen LogP contribution in [-0.2, 0) is 23.6 Å². The van der Waals surface area contributed by atoms with Crippen LogP contribution in [0.3, 0.4) is 0 Å². The molecular formula is CH2B3Li2O7. The van der Waals surface area contributed by atoms with E-state index < -0.39 is 22.3 Å². The van der Waals surface area contributed by atoms with Crippen molar-refractivity contribution in [1.82, 2.24) is 0 Å². The van der Waals surface area contributed by atoms with Crippen molar-refractivity contribution < 1.29 is 71.4 Å². The molecule has 0 heterocycles. The van der Waals surface area contributed by atoms with Crippen LogP contribution in [0.25, 0.3) is 0 Å². The van der Waals surface area contributed by atoms with Crippen LogP contribution in [0.1, 0.15) is 0 Å². The number of hydrogen-bond donors (Lipinski definition) is 0. The Morgan fingerprint density at radius 1 is 1.38 bits per heavy atom. The fourth-order valence-electron chi connectivity index (χ4n) is 0.263. The molecule has 0 saturated carbocycles. The molecule has 7 nitrogen and oxygen atoms in total. The predicted molar refractivity (Wildman–Crippen MR) is 28.7 cm³/mol. The van der Waals surface area contributed by atoms with Gasteiger partial charge in [0.25, 0.3) is 6.47 Å². The van der Waals surface area contributed by atoms with E-state index in [1.165, 1.54) is 0 Å². The standard InChI is InChI=1S/CH2B3O7.2Li/c5-1-9-3(7)11-4(8)10-2-6;;/h1-2H;;/q-2;2*+1. The van der Waals surface area contributed by atoms with E-state index in [1.54, 1.807) is 0 Å². The van der Waals surface area contributed by atoms with Gasteiger partial charge in [-0.05, 0) is 0 Å². The third-order valence-corrected chi connectivity index (χ3v) is 0.593. The summed E-state index contributed by atoms with van der Waals surface area (Å²) in [5.41, 5.74) is 0. The summed E-state index contributed by atoms with van der Waals surface area (Å²) in [6.45, 7) is -0.179. The second kappa shape index (κ2) is 12.7. The molecule has 0 aliphatic carbocycles. The van der Waals surface area contributed by atoms with Gasteiger partial charge in [-0.2, -0.15) is 0 Å². The third-order valence-electron chi connectivity index (χ3n) is 0.593. The second-order valence-corrected chi connectivity index (χ2v) is 1.23. The summed E-state index contributed by atoms with van der Waals surface area (Å²) in [6, 6.07) is 0. The molecule has 59 valence electrons. The summed E-state index contributed by atoms with van der Waals surface area (Å²) in [4.78, 5) is 9.45. The molecule has 0 bridgehead atoms. The van der Waals surface area contributed by atoms with Crippen molar-refractivity contribution in [1.29, 1.82) is 0 Å². The second-order valence-electron chi connectivity index (χ2n) is 1.23. The molecule has 0 aromatic carbocycles. The molecule has 0 unspecified atom stereocenters. The first-order valence-electron chi connectivity index (χ1n) is 2.46. The molecule has 0 amide bonds. The van der Waals surface area contributed by atoms with Crippen molar-refractivity contribution in [3.05, 3.63) is 0 Å². The number of carbonyl (C=O) groups is 1.